The van der Waals surface area contributed by atoms with Crippen LogP contribution in [0.25, 0.3) is 11.1 Å². The molecule has 0 bridgehead atoms. The number of benzene rings is 2. The monoisotopic (exact) mass is 466 g/mol. The van der Waals surface area contributed by atoms with Crippen molar-refractivity contribution >= 4 is 18.0 Å². The Morgan fingerprint density at radius 2 is 1.59 bits per heavy atom. The van der Waals surface area contributed by atoms with Crippen LogP contribution in [0, 0.1) is 5.92 Å². The maximum Gasteiger partial charge on any atom is 0.407 e. The molecule has 0 fully saturated rings. The number of unbranched alkanes of at least 4 members (excludes halogenated alkanes) is 2. The Morgan fingerprint density at radius 1 is 0.971 bits per heavy atom. The van der Waals surface area contributed by atoms with E-state index in [0.717, 1.165) is 6.42 Å². The van der Waals surface area contributed by atoms with E-state index in [-0.39, 0.29) is 30.8 Å². The maximum atomic E-state index is 12.2. The molecular weight excluding hydrogens is 432 g/mol. The SMILES string of the molecule is CCC(C)C(NC(=O)CCCCCNC(=O)OCC1c2ccccc2-c2ccccc21)C(=O)O. The fourth-order valence-corrected chi connectivity index (χ4v) is 4.36. The molecule has 0 heterocycles. The zero-order valence-corrected chi connectivity index (χ0v) is 19.9. The van der Waals surface area contributed by atoms with Crippen LogP contribution in [0.1, 0.15) is 63.0 Å². The lowest BCUT2D eigenvalue weighted by Gasteiger charge is -2.20. The van der Waals surface area contributed by atoms with Crippen LogP contribution in [0.5, 0.6) is 0 Å². The number of hydrogen-bond acceptors (Lipinski definition) is 4. The molecule has 0 radical (unpaired) electrons. The second kappa shape index (κ2) is 12.2. The van der Waals surface area contributed by atoms with Gasteiger partial charge in [-0.05, 0) is 41.0 Å². The van der Waals surface area contributed by atoms with Crippen molar-refractivity contribution < 1.29 is 24.2 Å². The average Bonchev–Trinajstić information content (AvgIpc) is 3.16. The van der Waals surface area contributed by atoms with Crippen molar-refractivity contribution in [2.75, 3.05) is 13.2 Å². The molecule has 0 saturated carbocycles. The van der Waals surface area contributed by atoms with Crippen LogP contribution in [0.15, 0.2) is 48.5 Å². The molecular formula is C27H34N2O5. The minimum atomic E-state index is -1.00. The molecule has 7 nitrogen and oxygen atoms in total. The number of fused-ring (bicyclic) bond motifs is 3. The van der Waals surface area contributed by atoms with Crippen LogP contribution in [0.2, 0.25) is 0 Å². The molecule has 0 aromatic heterocycles. The standard InChI is InChI=1S/C27H34N2O5/c1-3-18(2)25(26(31)32)29-24(30)15-5-4-10-16-28-27(33)34-17-23-21-13-8-6-11-19(21)20-12-7-9-14-22(20)23/h6-9,11-14,18,23,25H,3-5,10,15-17H2,1-2H3,(H,28,33)(H,29,30)(H,31,32). The Morgan fingerprint density at radius 3 is 2.18 bits per heavy atom. The number of carbonyl (C=O) groups excluding carboxylic acids is 2. The second-order valence-electron chi connectivity index (χ2n) is 8.83. The number of alkyl carbamates (subject to hydrolysis) is 1. The first-order valence-corrected chi connectivity index (χ1v) is 12.0. The fraction of sp³-hybridized carbons (Fsp3) is 0.444. The first-order chi connectivity index (χ1) is 16.4. The van der Waals surface area contributed by atoms with Gasteiger partial charge in [0.1, 0.15) is 12.6 Å². The zero-order valence-electron chi connectivity index (χ0n) is 19.9. The molecule has 182 valence electrons. The van der Waals surface area contributed by atoms with E-state index in [1.54, 1.807) is 0 Å². The Labute approximate surface area is 200 Å². The van der Waals surface area contributed by atoms with Crippen LogP contribution >= 0.6 is 0 Å². The van der Waals surface area contributed by atoms with Crippen LogP contribution in [0.4, 0.5) is 4.79 Å². The highest BCUT2D eigenvalue weighted by atomic mass is 16.5. The van der Waals surface area contributed by atoms with Gasteiger partial charge in [-0.25, -0.2) is 9.59 Å². The molecule has 34 heavy (non-hydrogen) atoms. The fourth-order valence-electron chi connectivity index (χ4n) is 4.36. The van der Waals surface area contributed by atoms with Gasteiger partial charge in [-0.1, -0.05) is 75.2 Å². The van der Waals surface area contributed by atoms with E-state index in [1.807, 2.05) is 38.1 Å². The predicted molar refractivity (Wildman–Crippen MR) is 131 cm³/mol. The molecule has 2 amide bonds. The number of carboxylic acids is 1. The molecule has 2 aromatic rings. The van der Waals surface area contributed by atoms with Crippen LogP contribution in [-0.2, 0) is 14.3 Å². The number of ether oxygens (including phenoxy) is 1. The summed E-state index contributed by atoms with van der Waals surface area (Å²) in [5.74, 6) is -1.35. The van der Waals surface area contributed by atoms with E-state index in [4.69, 9.17) is 4.74 Å². The van der Waals surface area contributed by atoms with Crippen molar-refractivity contribution in [1.82, 2.24) is 10.6 Å². The zero-order chi connectivity index (χ0) is 24.5. The molecule has 0 aliphatic heterocycles. The molecule has 1 aliphatic rings. The summed E-state index contributed by atoms with van der Waals surface area (Å²) < 4.78 is 5.51. The van der Waals surface area contributed by atoms with E-state index in [0.29, 0.717) is 25.8 Å². The number of amides is 2. The number of rotatable bonds is 12. The normalized spacial score (nSPS) is 13.9. The Bertz CT molecular complexity index is 961. The highest BCUT2D eigenvalue weighted by Crippen LogP contribution is 2.44. The van der Waals surface area contributed by atoms with Crippen LogP contribution in [-0.4, -0.2) is 42.3 Å². The maximum absolute atomic E-state index is 12.2. The van der Waals surface area contributed by atoms with E-state index in [2.05, 4.69) is 34.9 Å². The largest absolute Gasteiger partial charge is 0.480 e. The Kier molecular flexibility index (Phi) is 9.08. The predicted octanol–water partition coefficient (Wildman–Crippen LogP) is 4.70. The average molecular weight is 467 g/mol. The van der Waals surface area contributed by atoms with E-state index < -0.39 is 18.1 Å². The minimum absolute atomic E-state index is 0.0294. The summed E-state index contributed by atoms with van der Waals surface area (Å²) in [6, 6.07) is 15.6. The molecule has 2 atom stereocenters. The molecule has 0 spiro atoms. The third-order valence-electron chi connectivity index (χ3n) is 6.49. The van der Waals surface area contributed by atoms with Gasteiger partial charge in [0, 0.05) is 18.9 Å². The summed E-state index contributed by atoms with van der Waals surface area (Å²) in [5.41, 5.74) is 4.73. The van der Waals surface area contributed by atoms with Crippen molar-refractivity contribution in [3.8, 4) is 11.1 Å². The van der Waals surface area contributed by atoms with E-state index in [1.165, 1.54) is 22.3 Å². The van der Waals surface area contributed by atoms with Gasteiger partial charge in [0.15, 0.2) is 0 Å². The summed E-state index contributed by atoms with van der Waals surface area (Å²) in [7, 11) is 0. The van der Waals surface area contributed by atoms with Crippen molar-refractivity contribution in [3.63, 3.8) is 0 Å². The van der Waals surface area contributed by atoms with Crippen molar-refractivity contribution in [3.05, 3.63) is 59.7 Å². The summed E-state index contributed by atoms with van der Waals surface area (Å²) in [5, 5.41) is 14.6. The summed E-state index contributed by atoms with van der Waals surface area (Å²) >= 11 is 0. The van der Waals surface area contributed by atoms with Crippen LogP contribution in [0.3, 0.4) is 0 Å². The molecule has 0 saturated heterocycles. The lowest BCUT2D eigenvalue weighted by Crippen LogP contribution is -2.44. The smallest absolute Gasteiger partial charge is 0.407 e. The Hall–Kier alpha value is -3.35. The molecule has 2 unspecified atom stereocenters. The van der Waals surface area contributed by atoms with Gasteiger partial charge in [-0.3, -0.25) is 4.79 Å². The van der Waals surface area contributed by atoms with Gasteiger partial charge in [-0.15, -0.1) is 0 Å². The molecule has 7 heteroatoms. The molecule has 1 aliphatic carbocycles. The van der Waals surface area contributed by atoms with Gasteiger partial charge >= 0.3 is 12.1 Å². The lowest BCUT2D eigenvalue weighted by molar-refractivity contribution is -0.143. The van der Waals surface area contributed by atoms with Crippen LogP contribution < -0.4 is 10.6 Å². The highest BCUT2D eigenvalue weighted by molar-refractivity contribution is 5.83. The van der Waals surface area contributed by atoms with Crippen molar-refractivity contribution in [2.24, 2.45) is 5.92 Å². The molecule has 2 aromatic carbocycles. The lowest BCUT2D eigenvalue weighted by atomic mass is 9.98. The highest BCUT2D eigenvalue weighted by Gasteiger charge is 2.29. The van der Waals surface area contributed by atoms with Gasteiger partial charge in [0.25, 0.3) is 0 Å². The molecule has 3 rings (SSSR count). The van der Waals surface area contributed by atoms with Crippen molar-refractivity contribution in [1.29, 1.82) is 0 Å². The van der Waals surface area contributed by atoms with Gasteiger partial charge in [0.2, 0.25) is 5.91 Å². The first kappa shape index (κ1) is 25.3. The van der Waals surface area contributed by atoms with E-state index >= 15 is 0 Å². The number of nitrogens with one attached hydrogen (secondary N) is 2. The third kappa shape index (κ3) is 6.37. The number of aliphatic carboxylic acids is 1. The molecule has 3 N–H and O–H groups in total. The Balaban J connectivity index is 1.34. The summed E-state index contributed by atoms with van der Waals surface area (Å²) in [4.78, 5) is 35.5. The van der Waals surface area contributed by atoms with Gasteiger partial charge in [-0.2, -0.15) is 0 Å². The van der Waals surface area contributed by atoms with Gasteiger partial charge < -0.3 is 20.5 Å². The summed E-state index contributed by atoms with van der Waals surface area (Å²) in [6.45, 7) is 4.45. The second-order valence-corrected chi connectivity index (χ2v) is 8.83. The topological polar surface area (TPSA) is 105 Å². The summed E-state index contributed by atoms with van der Waals surface area (Å²) in [6.07, 6.45) is 2.59. The van der Waals surface area contributed by atoms with E-state index in [9.17, 15) is 19.5 Å². The quantitative estimate of drug-likeness (QED) is 0.393. The third-order valence-corrected chi connectivity index (χ3v) is 6.49. The first-order valence-electron chi connectivity index (χ1n) is 12.0. The number of carbonyl (C=O) groups is 3. The minimum Gasteiger partial charge on any atom is -0.480 e. The number of carboxylic acid groups (broad SMARTS) is 1. The van der Waals surface area contributed by atoms with Crippen molar-refractivity contribution in [2.45, 2.75) is 57.9 Å². The van der Waals surface area contributed by atoms with Gasteiger partial charge in [0.05, 0.1) is 0 Å². The number of hydrogen-bond donors (Lipinski definition) is 3.